The zero-order valence-electron chi connectivity index (χ0n) is 11.4. The van der Waals surface area contributed by atoms with Crippen LogP contribution in [0.2, 0.25) is 0 Å². The predicted molar refractivity (Wildman–Crippen MR) is 73.9 cm³/mol. The molecule has 0 saturated carbocycles. The van der Waals surface area contributed by atoms with E-state index in [-0.39, 0.29) is 18.4 Å². The Morgan fingerprint density at radius 2 is 1.89 bits per heavy atom. The van der Waals surface area contributed by atoms with Crippen LogP contribution in [0, 0.1) is 5.92 Å². The molecule has 4 nitrogen and oxygen atoms in total. The van der Waals surface area contributed by atoms with E-state index in [9.17, 15) is 9.59 Å². The fourth-order valence-electron chi connectivity index (χ4n) is 1.93. The van der Waals surface area contributed by atoms with Gasteiger partial charge in [-0.15, -0.1) is 0 Å². The van der Waals surface area contributed by atoms with Crippen LogP contribution in [0.5, 0.6) is 0 Å². The fraction of sp³-hybridized carbons (Fsp3) is 0.467. The standard InChI is InChI=1S/C15H21NO3/c1-3-7-13(15(18)19)10-16-14(17)11(2)12-8-5-4-6-9-12/h4-6,8-9,11,13H,3,7,10H2,1-2H3,(H,16,17)(H,18,19). The van der Waals surface area contributed by atoms with Gasteiger partial charge >= 0.3 is 5.97 Å². The zero-order valence-corrected chi connectivity index (χ0v) is 11.4. The molecule has 1 aromatic carbocycles. The number of carboxylic acid groups (broad SMARTS) is 1. The van der Waals surface area contributed by atoms with E-state index < -0.39 is 11.9 Å². The monoisotopic (exact) mass is 263 g/mol. The minimum Gasteiger partial charge on any atom is -0.481 e. The molecule has 0 spiro atoms. The molecular formula is C15H21NO3. The highest BCUT2D eigenvalue weighted by Gasteiger charge is 2.20. The highest BCUT2D eigenvalue weighted by Crippen LogP contribution is 2.14. The minimum atomic E-state index is -0.852. The van der Waals surface area contributed by atoms with Crippen molar-refractivity contribution in [2.45, 2.75) is 32.6 Å². The van der Waals surface area contributed by atoms with Gasteiger partial charge in [-0.05, 0) is 18.9 Å². The van der Waals surface area contributed by atoms with Crippen LogP contribution >= 0.6 is 0 Å². The van der Waals surface area contributed by atoms with E-state index in [1.807, 2.05) is 44.2 Å². The molecule has 1 aromatic rings. The van der Waals surface area contributed by atoms with E-state index in [2.05, 4.69) is 5.32 Å². The summed E-state index contributed by atoms with van der Waals surface area (Å²) in [5.74, 6) is -1.75. The summed E-state index contributed by atoms with van der Waals surface area (Å²) in [6.07, 6.45) is 1.37. The molecule has 0 aromatic heterocycles. The second-order valence-electron chi connectivity index (χ2n) is 4.70. The number of amides is 1. The second-order valence-corrected chi connectivity index (χ2v) is 4.70. The summed E-state index contributed by atoms with van der Waals surface area (Å²) in [7, 11) is 0. The minimum absolute atomic E-state index is 0.131. The van der Waals surface area contributed by atoms with Gasteiger partial charge in [-0.1, -0.05) is 43.7 Å². The molecule has 0 heterocycles. The van der Waals surface area contributed by atoms with Crippen LogP contribution in [-0.4, -0.2) is 23.5 Å². The molecule has 0 bridgehead atoms. The normalized spacial score (nSPS) is 13.6. The fourth-order valence-corrected chi connectivity index (χ4v) is 1.93. The Morgan fingerprint density at radius 3 is 2.42 bits per heavy atom. The van der Waals surface area contributed by atoms with Crippen LogP contribution in [0.3, 0.4) is 0 Å². The van der Waals surface area contributed by atoms with Crippen LogP contribution < -0.4 is 5.32 Å². The molecule has 0 saturated heterocycles. The van der Waals surface area contributed by atoms with Crippen molar-refractivity contribution in [2.24, 2.45) is 5.92 Å². The summed E-state index contributed by atoms with van der Waals surface area (Å²) in [6, 6.07) is 9.46. The van der Waals surface area contributed by atoms with Gasteiger partial charge in [-0.25, -0.2) is 0 Å². The van der Waals surface area contributed by atoms with Crippen molar-refractivity contribution in [2.75, 3.05) is 6.54 Å². The molecule has 104 valence electrons. The molecule has 0 radical (unpaired) electrons. The summed E-state index contributed by atoms with van der Waals surface area (Å²) in [5.41, 5.74) is 0.933. The van der Waals surface area contributed by atoms with E-state index >= 15 is 0 Å². The van der Waals surface area contributed by atoms with Crippen molar-refractivity contribution in [1.82, 2.24) is 5.32 Å². The second kappa shape index (κ2) is 7.56. The summed E-state index contributed by atoms with van der Waals surface area (Å²) < 4.78 is 0. The highest BCUT2D eigenvalue weighted by atomic mass is 16.4. The van der Waals surface area contributed by atoms with Crippen molar-refractivity contribution in [1.29, 1.82) is 0 Å². The zero-order chi connectivity index (χ0) is 14.3. The quantitative estimate of drug-likeness (QED) is 0.794. The molecule has 2 unspecified atom stereocenters. The maximum atomic E-state index is 12.0. The van der Waals surface area contributed by atoms with Gasteiger partial charge in [-0.3, -0.25) is 9.59 Å². The molecule has 0 aliphatic heterocycles. The molecule has 0 aliphatic rings. The molecule has 0 aliphatic carbocycles. The van der Waals surface area contributed by atoms with Crippen LogP contribution in [0.15, 0.2) is 30.3 Å². The van der Waals surface area contributed by atoms with E-state index in [4.69, 9.17) is 5.11 Å². The first-order valence-electron chi connectivity index (χ1n) is 6.61. The first kappa shape index (κ1) is 15.2. The lowest BCUT2D eigenvalue weighted by Gasteiger charge is -2.16. The first-order chi connectivity index (χ1) is 9.06. The number of carbonyl (C=O) groups excluding carboxylic acids is 1. The van der Waals surface area contributed by atoms with E-state index in [0.717, 1.165) is 12.0 Å². The van der Waals surface area contributed by atoms with E-state index in [0.29, 0.717) is 6.42 Å². The van der Waals surface area contributed by atoms with Crippen molar-refractivity contribution in [3.8, 4) is 0 Å². The largest absolute Gasteiger partial charge is 0.481 e. The van der Waals surface area contributed by atoms with Gasteiger partial charge in [0, 0.05) is 6.54 Å². The number of aliphatic carboxylic acids is 1. The molecule has 1 rings (SSSR count). The van der Waals surface area contributed by atoms with Gasteiger partial charge in [0.25, 0.3) is 0 Å². The average molecular weight is 263 g/mol. The lowest BCUT2D eigenvalue weighted by molar-refractivity contribution is -0.142. The van der Waals surface area contributed by atoms with Crippen molar-refractivity contribution in [3.05, 3.63) is 35.9 Å². The van der Waals surface area contributed by atoms with Crippen LogP contribution in [0.4, 0.5) is 0 Å². The summed E-state index contributed by atoms with van der Waals surface area (Å²) in [5, 5.41) is 11.7. The Morgan fingerprint density at radius 1 is 1.26 bits per heavy atom. The maximum Gasteiger partial charge on any atom is 0.308 e. The maximum absolute atomic E-state index is 12.0. The predicted octanol–water partition coefficient (Wildman–Crippen LogP) is 2.41. The van der Waals surface area contributed by atoms with Crippen molar-refractivity contribution in [3.63, 3.8) is 0 Å². The molecule has 2 atom stereocenters. The third-order valence-corrected chi connectivity index (χ3v) is 3.20. The van der Waals surface area contributed by atoms with Crippen molar-refractivity contribution >= 4 is 11.9 Å². The summed E-state index contributed by atoms with van der Waals surface area (Å²) >= 11 is 0. The highest BCUT2D eigenvalue weighted by molar-refractivity contribution is 5.83. The third kappa shape index (κ3) is 4.73. The van der Waals surface area contributed by atoms with Crippen LogP contribution in [0.1, 0.15) is 38.2 Å². The molecule has 1 amide bonds. The summed E-state index contributed by atoms with van der Waals surface area (Å²) in [4.78, 5) is 23.0. The smallest absolute Gasteiger partial charge is 0.308 e. The van der Waals surface area contributed by atoms with Crippen LogP contribution in [0.25, 0.3) is 0 Å². The Labute approximate surface area is 113 Å². The molecular weight excluding hydrogens is 242 g/mol. The van der Waals surface area contributed by atoms with Gasteiger partial charge in [-0.2, -0.15) is 0 Å². The lowest BCUT2D eigenvalue weighted by Crippen LogP contribution is -2.35. The van der Waals surface area contributed by atoms with Crippen LogP contribution in [-0.2, 0) is 9.59 Å². The Bertz CT molecular complexity index is 417. The number of carboxylic acids is 1. The lowest BCUT2D eigenvalue weighted by atomic mass is 9.99. The van der Waals surface area contributed by atoms with Gasteiger partial charge in [0.1, 0.15) is 0 Å². The Balaban J connectivity index is 2.53. The molecule has 4 heteroatoms. The number of carbonyl (C=O) groups is 2. The number of rotatable bonds is 7. The third-order valence-electron chi connectivity index (χ3n) is 3.20. The van der Waals surface area contributed by atoms with E-state index in [1.54, 1.807) is 0 Å². The number of benzene rings is 1. The number of hydrogen-bond acceptors (Lipinski definition) is 2. The van der Waals surface area contributed by atoms with E-state index in [1.165, 1.54) is 0 Å². The number of hydrogen-bond donors (Lipinski definition) is 2. The number of nitrogens with one attached hydrogen (secondary N) is 1. The molecule has 0 fully saturated rings. The Hall–Kier alpha value is -1.84. The SMILES string of the molecule is CCCC(CNC(=O)C(C)c1ccccc1)C(=O)O. The summed E-state index contributed by atoms with van der Waals surface area (Å²) in [6.45, 7) is 3.95. The Kier molecular flexibility index (Phi) is 6.06. The van der Waals surface area contributed by atoms with Crippen molar-refractivity contribution < 1.29 is 14.7 Å². The average Bonchev–Trinajstić information content (AvgIpc) is 2.42. The van der Waals surface area contributed by atoms with Gasteiger partial charge < -0.3 is 10.4 Å². The topological polar surface area (TPSA) is 66.4 Å². The van der Waals surface area contributed by atoms with Gasteiger partial charge in [0.15, 0.2) is 0 Å². The van der Waals surface area contributed by atoms with Gasteiger partial charge in [0.2, 0.25) is 5.91 Å². The van der Waals surface area contributed by atoms with Gasteiger partial charge in [0.05, 0.1) is 11.8 Å². The first-order valence-corrected chi connectivity index (χ1v) is 6.61. The molecule has 2 N–H and O–H groups in total. The molecule has 19 heavy (non-hydrogen) atoms.